The van der Waals surface area contributed by atoms with E-state index in [9.17, 15) is 4.79 Å². The highest BCUT2D eigenvalue weighted by Gasteiger charge is 2.16. The van der Waals surface area contributed by atoms with E-state index in [1.165, 1.54) is 21.3 Å². The van der Waals surface area contributed by atoms with Crippen LogP contribution in [-0.2, 0) is 0 Å². The molecular weight excluding hydrogens is 296 g/mol. The monoisotopic (exact) mass is 324 g/mol. The molecule has 0 saturated carbocycles. The standard InChI is InChI=1S/C17H28N2O4/c1-6-13(7-2)18-8-9-19-17(20)12-10-14(21-3)16(23-5)15(11-12)22-4/h10-11,13,18H,6-9H2,1-5H3,(H,19,20). The van der Waals surface area contributed by atoms with Gasteiger partial charge in [0.1, 0.15) is 0 Å². The maximum atomic E-state index is 12.3. The predicted octanol–water partition coefficient (Wildman–Crippen LogP) is 2.22. The summed E-state index contributed by atoms with van der Waals surface area (Å²) in [5, 5.41) is 6.29. The molecule has 1 aromatic rings. The van der Waals surface area contributed by atoms with Crippen molar-refractivity contribution in [3.05, 3.63) is 17.7 Å². The van der Waals surface area contributed by atoms with Crippen molar-refractivity contribution in [2.45, 2.75) is 32.7 Å². The number of amides is 1. The van der Waals surface area contributed by atoms with Crippen LogP contribution in [0.3, 0.4) is 0 Å². The minimum atomic E-state index is -0.171. The molecular formula is C17H28N2O4. The number of benzene rings is 1. The molecule has 6 heteroatoms. The fraction of sp³-hybridized carbons (Fsp3) is 0.588. The minimum absolute atomic E-state index is 0.171. The third-order valence-corrected chi connectivity index (χ3v) is 3.76. The maximum absolute atomic E-state index is 12.3. The first-order chi connectivity index (χ1) is 11.1. The quantitative estimate of drug-likeness (QED) is 0.646. The van der Waals surface area contributed by atoms with Gasteiger partial charge < -0.3 is 24.8 Å². The molecule has 0 radical (unpaired) electrons. The van der Waals surface area contributed by atoms with Crippen LogP contribution in [0.1, 0.15) is 37.0 Å². The van der Waals surface area contributed by atoms with Gasteiger partial charge in [-0.1, -0.05) is 13.8 Å². The molecule has 1 aromatic carbocycles. The highest BCUT2D eigenvalue weighted by Crippen LogP contribution is 2.38. The molecule has 1 rings (SSSR count). The van der Waals surface area contributed by atoms with E-state index in [4.69, 9.17) is 14.2 Å². The summed E-state index contributed by atoms with van der Waals surface area (Å²) in [6.07, 6.45) is 2.16. The second-order valence-electron chi connectivity index (χ2n) is 5.14. The lowest BCUT2D eigenvalue weighted by Crippen LogP contribution is -2.36. The highest BCUT2D eigenvalue weighted by molar-refractivity contribution is 5.95. The molecule has 0 unspecified atom stereocenters. The highest BCUT2D eigenvalue weighted by atomic mass is 16.5. The zero-order valence-corrected chi connectivity index (χ0v) is 14.7. The second-order valence-corrected chi connectivity index (χ2v) is 5.14. The maximum Gasteiger partial charge on any atom is 0.251 e. The molecule has 0 heterocycles. The van der Waals surface area contributed by atoms with E-state index in [-0.39, 0.29) is 5.91 Å². The average Bonchev–Trinajstić information content (AvgIpc) is 2.60. The van der Waals surface area contributed by atoms with Crippen molar-refractivity contribution in [1.82, 2.24) is 10.6 Å². The summed E-state index contributed by atoms with van der Waals surface area (Å²) in [4.78, 5) is 12.3. The SMILES string of the molecule is CCC(CC)NCCNC(=O)c1cc(OC)c(OC)c(OC)c1. The van der Waals surface area contributed by atoms with Crippen molar-refractivity contribution in [2.75, 3.05) is 34.4 Å². The average molecular weight is 324 g/mol. The Morgan fingerprint density at radius 1 is 1.00 bits per heavy atom. The van der Waals surface area contributed by atoms with E-state index in [1.807, 2.05) is 0 Å². The third-order valence-electron chi connectivity index (χ3n) is 3.76. The van der Waals surface area contributed by atoms with E-state index in [2.05, 4.69) is 24.5 Å². The molecule has 0 aliphatic rings. The minimum Gasteiger partial charge on any atom is -0.493 e. The molecule has 0 fully saturated rings. The van der Waals surface area contributed by atoms with Crippen molar-refractivity contribution >= 4 is 5.91 Å². The van der Waals surface area contributed by atoms with E-state index in [0.29, 0.717) is 35.4 Å². The number of carbonyl (C=O) groups is 1. The van der Waals surface area contributed by atoms with Crippen LogP contribution in [0.4, 0.5) is 0 Å². The predicted molar refractivity (Wildman–Crippen MR) is 90.8 cm³/mol. The molecule has 0 saturated heterocycles. The van der Waals surface area contributed by atoms with Gasteiger partial charge in [-0.15, -0.1) is 0 Å². The van der Waals surface area contributed by atoms with Gasteiger partial charge in [-0.3, -0.25) is 4.79 Å². The molecule has 0 bridgehead atoms. The Balaban J connectivity index is 2.69. The summed E-state index contributed by atoms with van der Waals surface area (Å²) in [6.45, 7) is 5.60. The topological polar surface area (TPSA) is 68.8 Å². The molecule has 0 aromatic heterocycles. The number of nitrogens with one attached hydrogen (secondary N) is 2. The van der Waals surface area contributed by atoms with Crippen LogP contribution in [0.5, 0.6) is 17.2 Å². The summed E-state index contributed by atoms with van der Waals surface area (Å²) in [7, 11) is 4.58. The van der Waals surface area contributed by atoms with Crippen LogP contribution >= 0.6 is 0 Å². The third kappa shape index (κ3) is 5.32. The van der Waals surface area contributed by atoms with Gasteiger partial charge in [-0.25, -0.2) is 0 Å². The fourth-order valence-corrected chi connectivity index (χ4v) is 2.34. The molecule has 1 amide bonds. The van der Waals surface area contributed by atoms with Crippen LogP contribution in [0.25, 0.3) is 0 Å². The molecule has 2 N–H and O–H groups in total. The Morgan fingerprint density at radius 2 is 1.57 bits per heavy atom. The first-order valence-corrected chi connectivity index (χ1v) is 7.92. The smallest absolute Gasteiger partial charge is 0.251 e. The zero-order valence-electron chi connectivity index (χ0n) is 14.7. The van der Waals surface area contributed by atoms with Crippen LogP contribution < -0.4 is 24.8 Å². The number of rotatable bonds is 10. The first-order valence-electron chi connectivity index (χ1n) is 7.92. The van der Waals surface area contributed by atoms with Crippen LogP contribution in [0.2, 0.25) is 0 Å². The van der Waals surface area contributed by atoms with Gasteiger partial charge in [0.15, 0.2) is 11.5 Å². The summed E-state index contributed by atoms with van der Waals surface area (Å²) in [5.74, 6) is 1.23. The lowest BCUT2D eigenvalue weighted by atomic mass is 10.1. The number of methoxy groups -OCH3 is 3. The molecule has 6 nitrogen and oxygen atoms in total. The number of ether oxygens (including phenoxy) is 3. The van der Waals surface area contributed by atoms with Crippen molar-refractivity contribution in [3.63, 3.8) is 0 Å². The Labute approximate surface area is 138 Å². The Hall–Kier alpha value is -1.95. The van der Waals surface area contributed by atoms with Crippen molar-refractivity contribution in [3.8, 4) is 17.2 Å². The van der Waals surface area contributed by atoms with Crippen LogP contribution in [-0.4, -0.2) is 46.4 Å². The fourth-order valence-electron chi connectivity index (χ4n) is 2.34. The van der Waals surface area contributed by atoms with Crippen LogP contribution in [0.15, 0.2) is 12.1 Å². The number of hydrogen-bond donors (Lipinski definition) is 2. The van der Waals surface area contributed by atoms with Crippen molar-refractivity contribution in [2.24, 2.45) is 0 Å². The second kappa shape index (κ2) is 9.94. The first kappa shape index (κ1) is 19.1. The summed E-state index contributed by atoms with van der Waals surface area (Å²) in [6, 6.07) is 3.78. The van der Waals surface area contributed by atoms with Gasteiger partial charge in [-0.2, -0.15) is 0 Å². The Bertz CT molecular complexity index is 476. The van der Waals surface area contributed by atoms with Gasteiger partial charge in [0.2, 0.25) is 5.75 Å². The Kier molecular flexibility index (Phi) is 8.26. The van der Waals surface area contributed by atoms with E-state index >= 15 is 0 Å². The molecule has 0 atom stereocenters. The van der Waals surface area contributed by atoms with E-state index in [1.54, 1.807) is 12.1 Å². The lowest BCUT2D eigenvalue weighted by molar-refractivity contribution is 0.0952. The van der Waals surface area contributed by atoms with Gasteiger partial charge in [0.05, 0.1) is 21.3 Å². The number of hydrogen-bond acceptors (Lipinski definition) is 5. The van der Waals surface area contributed by atoms with Gasteiger partial charge in [0.25, 0.3) is 5.91 Å². The van der Waals surface area contributed by atoms with Crippen molar-refractivity contribution in [1.29, 1.82) is 0 Å². The van der Waals surface area contributed by atoms with Gasteiger partial charge in [0, 0.05) is 24.7 Å². The van der Waals surface area contributed by atoms with E-state index < -0.39 is 0 Å². The van der Waals surface area contributed by atoms with Crippen LogP contribution in [0, 0.1) is 0 Å². The Morgan fingerprint density at radius 3 is 2.00 bits per heavy atom. The molecule has 23 heavy (non-hydrogen) atoms. The lowest BCUT2D eigenvalue weighted by Gasteiger charge is -2.16. The van der Waals surface area contributed by atoms with Gasteiger partial charge in [-0.05, 0) is 25.0 Å². The van der Waals surface area contributed by atoms with Crippen molar-refractivity contribution < 1.29 is 19.0 Å². The molecule has 0 spiro atoms. The molecule has 130 valence electrons. The van der Waals surface area contributed by atoms with Gasteiger partial charge >= 0.3 is 0 Å². The number of carbonyl (C=O) groups excluding carboxylic acids is 1. The van der Waals surface area contributed by atoms with E-state index in [0.717, 1.165) is 19.4 Å². The normalized spacial score (nSPS) is 10.5. The summed E-state index contributed by atoms with van der Waals surface area (Å²) < 4.78 is 15.8. The summed E-state index contributed by atoms with van der Waals surface area (Å²) >= 11 is 0. The molecule has 0 aliphatic carbocycles. The zero-order chi connectivity index (χ0) is 17.2. The largest absolute Gasteiger partial charge is 0.493 e. The summed E-state index contributed by atoms with van der Waals surface area (Å²) in [5.41, 5.74) is 0.474. The molecule has 0 aliphatic heterocycles.